The van der Waals surface area contributed by atoms with Crippen LogP contribution in [0.1, 0.15) is 15.9 Å². The Kier molecular flexibility index (Phi) is 6.77. The fourth-order valence-electron chi connectivity index (χ4n) is 2.44. The highest BCUT2D eigenvalue weighted by Gasteiger charge is 2.35. The monoisotopic (exact) mass is 505 g/mol. The molecule has 7 nitrogen and oxygen atoms in total. The summed E-state index contributed by atoms with van der Waals surface area (Å²) in [6.45, 7) is 0. The van der Waals surface area contributed by atoms with Gasteiger partial charge in [-0.1, -0.05) is 34.8 Å². The summed E-state index contributed by atoms with van der Waals surface area (Å²) < 4.78 is 43.9. The average Bonchev–Trinajstić information content (AvgIpc) is 2.71. The Labute approximate surface area is 192 Å². The lowest BCUT2D eigenvalue weighted by Crippen LogP contribution is -2.12. The van der Waals surface area contributed by atoms with Gasteiger partial charge in [-0.05, 0) is 36.4 Å². The number of anilines is 1. The Morgan fingerprint density at radius 2 is 1.69 bits per heavy atom. The van der Waals surface area contributed by atoms with E-state index in [4.69, 9.17) is 39.5 Å². The van der Waals surface area contributed by atoms with E-state index in [2.05, 4.69) is 10.3 Å². The summed E-state index contributed by atoms with van der Waals surface area (Å²) in [5.74, 6) is -0.891. The smallest absolute Gasteiger partial charge is 0.419 e. The van der Waals surface area contributed by atoms with E-state index >= 15 is 0 Å². The minimum absolute atomic E-state index is 0.0213. The first-order valence-corrected chi connectivity index (χ1v) is 9.55. The van der Waals surface area contributed by atoms with Crippen LogP contribution in [-0.2, 0) is 6.18 Å². The van der Waals surface area contributed by atoms with Gasteiger partial charge in [0, 0.05) is 17.8 Å². The number of non-ortho nitro benzene ring substituents is 1. The van der Waals surface area contributed by atoms with Crippen molar-refractivity contribution in [3.8, 4) is 11.6 Å². The van der Waals surface area contributed by atoms with Crippen molar-refractivity contribution in [1.82, 2.24) is 4.98 Å². The number of carbonyl (C=O) groups is 1. The number of nitro groups is 1. The Bertz CT molecular complexity index is 1200. The molecule has 0 atom stereocenters. The molecule has 0 fully saturated rings. The zero-order chi connectivity index (χ0) is 23.6. The predicted molar refractivity (Wildman–Crippen MR) is 112 cm³/mol. The van der Waals surface area contributed by atoms with Crippen molar-refractivity contribution in [1.29, 1.82) is 0 Å². The fraction of sp³-hybridized carbons (Fsp3) is 0.0526. The number of nitro benzene ring substituents is 1. The minimum Gasteiger partial charge on any atom is -0.437 e. The van der Waals surface area contributed by atoms with Crippen LogP contribution in [0.25, 0.3) is 0 Å². The highest BCUT2D eigenvalue weighted by Crippen LogP contribution is 2.39. The lowest BCUT2D eigenvalue weighted by Gasteiger charge is -2.12. The second-order valence-electron chi connectivity index (χ2n) is 6.11. The lowest BCUT2D eigenvalue weighted by molar-refractivity contribution is -0.384. The largest absolute Gasteiger partial charge is 0.437 e. The molecule has 166 valence electrons. The molecule has 0 aliphatic heterocycles. The number of halogens is 6. The van der Waals surface area contributed by atoms with Crippen molar-refractivity contribution in [3.63, 3.8) is 0 Å². The molecule has 2 aromatic carbocycles. The second-order valence-corrected chi connectivity index (χ2v) is 7.29. The van der Waals surface area contributed by atoms with Gasteiger partial charge in [-0.3, -0.25) is 14.9 Å². The topological polar surface area (TPSA) is 94.4 Å². The number of ether oxygens (including phenoxy) is 1. The first-order chi connectivity index (χ1) is 15.0. The van der Waals surface area contributed by atoms with Gasteiger partial charge in [0.2, 0.25) is 5.88 Å². The standard InChI is InChI=1S/C19H9Cl3F3N3O4/c20-14-6-3-10(28(30)31)7-12(14)17(29)26-9-1-4-11(5-2-9)32-18-15(21)8-13(16(22)27-18)19(23,24)25/h1-8H,(H,26,29). The highest BCUT2D eigenvalue weighted by molar-refractivity contribution is 6.34. The Morgan fingerprint density at radius 3 is 2.28 bits per heavy atom. The van der Waals surface area contributed by atoms with E-state index in [0.29, 0.717) is 6.07 Å². The predicted octanol–water partition coefficient (Wildman–Crippen LogP) is 7.01. The molecular weight excluding hydrogens is 498 g/mol. The van der Waals surface area contributed by atoms with Crippen LogP contribution in [0.15, 0.2) is 48.5 Å². The third-order valence-electron chi connectivity index (χ3n) is 3.93. The number of rotatable bonds is 5. The second kappa shape index (κ2) is 9.19. The molecule has 0 unspecified atom stereocenters. The van der Waals surface area contributed by atoms with Crippen LogP contribution in [0.2, 0.25) is 15.2 Å². The lowest BCUT2D eigenvalue weighted by atomic mass is 10.2. The van der Waals surface area contributed by atoms with Crippen molar-refractivity contribution in [2.24, 2.45) is 0 Å². The zero-order valence-corrected chi connectivity index (χ0v) is 17.7. The molecular formula is C19H9Cl3F3N3O4. The Balaban J connectivity index is 1.75. The first-order valence-electron chi connectivity index (χ1n) is 8.42. The van der Waals surface area contributed by atoms with Crippen LogP contribution < -0.4 is 10.1 Å². The van der Waals surface area contributed by atoms with Crippen LogP contribution in [0.5, 0.6) is 11.6 Å². The van der Waals surface area contributed by atoms with E-state index in [-0.39, 0.29) is 33.6 Å². The third kappa shape index (κ3) is 5.39. The SMILES string of the molecule is O=C(Nc1ccc(Oc2nc(Cl)c(C(F)(F)F)cc2Cl)cc1)c1cc([N+](=O)[O-])ccc1Cl. The number of amides is 1. The molecule has 3 rings (SSSR count). The summed E-state index contributed by atoms with van der Waals surface area (Å²) in [7, 11) is 0. The summed E-state index contributed by atoms with van der Waals surface area (Å²) in [6, 6.07) is 9.63. The molecule has 0 spiro atoms. The molecule has 1 heterocycles. The van der Waals surface area contributed by atoms with Gasteiger partial charge < -0.3 is 10.1 Å². The summed E-state index contributed by atoms with van der Waals surface area (Å²) in [5.41, 5.74) is -1.32. The van der Waals surface area contributed by atoms with Gasteiger partial charge in [-0.2, -0.15) is 18.2 Å². The number of nitrogens with zero attached hydrogens (tertiary/aromatic N) is 2. The Morgan fingerprint density at radius 1 is 1.03 bits per heavy atom. The number of hydrogen-bond acceptors (Lipinski definition) is 5. The van der Waals surface area contributed by atoms with Crippen molar-refractivity contribution in [2.45, 2.75) is 6.18 Å². The highest BCUT2D eigenvalue weighted by atomic mass is 35.5. The molecule has 3 aromatic rings. The fourth-order valence-corrected chi connectivity index (χ4v) is 3.07. The summed E-state index contributed by atoms with van der Waals surface area (Å²) in [4.78, 5) is 26.1. The van der Waals surface area contributed by atoms with Crippen LogP contribution in [-0.4, -0.2) is 15.8 Å². The van der Waals surface area contributed by atoms with Crippen molar-refractivity contribution < 1.29 is 27.6 Å². The molecule has 0 saturated carbocycles. The molecule has 1 amide bonds. The van der Waals surface area contributed by atoms with Gasteiger partial charge in [0.15, 0.2) is 0 Å². The number of aromatic nitrogens is 1. The van der Waals surface area contributed by atoms with E-state index < -0.39 is 32.7 Å². The number of nitrogens with one attached hydrogen (secondary N) is 1. The first kappa shape index (κ1) is 23.6. The van der Waals surface area contributed by atoms with Crippen molar-refractivity contribution in [3.05, 3.63) is 85.0 Å². The minimum atomic E-state index is -4.73. The maximum Gasteiger partial charge on any atom is 0.419 e. The maximum absolute atomic E-state index is 12.8. The molecule has 32 heavy (non-hydrogen) atoms. The van der Waals surface area contributed by atoms with Crippen LogP contribution in [0.3, 0.4) is 0 Å². The summed E-state index contributed by atoms with van der Waals surface area (Å²) >= 11 is 17.3. The molecule has 0 saturated heterocycles. The van der Waals surface area contributed by atoms with E-state index in [9.17, 15) is 28.1 Å². The third-order valence-corrected chi connectivity index (χ3v) is 4.82. The molecule has 1 N–H and O–H groups in total. The van der Waals surface area contributed by atoms with Gasteiger partial charge >= 0.3 is 6.18 Å². The van der Waals surface area contributed by atoms with E-state index in [1.165, 1.54) is 30.3 Å². The molecule has 0 aliphatic rings. The van der Waals surface area contributed by atoms with Gasteiger partial charge in [0.05, 0.1) is 21.1 Å². The molecule has 0 radical (unpaired) electrons. The van der Waals surface area contributed by atoms with Gasteiger partial charge in [0.25, 0.3) is 11.6 Å². The van der Waals surface area contributed by atoms with Crippen molar-refractivity contribution >= 4 is 52.1 Å². The molecule has 0 aliphatic carbocycles. The zero-order valence-electron chi connectivity index (χ0n) is 15.4. The number of alkyl halides is 3. The molecule has 0 bridgehead atoms. The van der Waals surface area contributed by atoms with E-state index in [1.54, 1.807) is 0 Å². The average molecular weight is 507 g/mol. The normalized spacial score (nSPS) is 11.2. The van der Waals surface area contributed by atoms with Gasteiger partial charge in [-0.15, -0.1) is 0 Å². The van der Waals surface area contributed by atoms with E-state index in [0.717, 1.165) is 12.1 Å². The quantitative estimate of drug-likeness (QED) is 0.228. The van der Waals surface area contributed by atoms with Crippen LogP contribution in [0.4, 0.5) is 24.5 Å². The Hall–Kier alpha value is -3.08. The maximum atomic E-state index is 12.8. The number of carbonyl (C=O) groups excluding carboxylic acids is 1. The van der Waals surface area contributed by atoms with Crippen LogP contribution >= 0.6 is 34.8 Å². The summed E-state index contributed by atoms with van der Waals surface area (Å²) in [6.07, 6.45) is -4.73. The number of benzene rings is 2. The number of pyridine rings is 1. The van der Waals surface area contributed by atoms with Crippen LogP contribution in [0, 0.1) is 10.1 Å². The van der Waals surface area contributed by atoms with E-state index in [1.807, 2.05) is 0 Å². The van der Waals surface area contributed by atoms with Crippen molar-refractivity contribution in [2.75, 3.05) is 5.32 Å². The number of hydrogen-bond donors (Lipinski definition) is 1. The summed E-state index contributed by atoms with van der Waals surface area (Å²) in [5, 5.41) is 12.2. The molecule has 13 heteroatoms. The van der Waals surface area contributed by atoms with Gasteiger partial charge in [0.1, 0.15) is 15.9 Å². The van der Waals surface area contributed by atoms with Gasteiger partial charge in [-0.25, -0.2) is 0 Å². The molecule has 1 aromatic heterocycles.